The van der Waals surface area contributed by atoms with Gasteiger partial charge in [-0.05, 0) is 34.4 Å². The molecule has 0 aliphatic carbocycles. The highest BCUT2D eigenvalue weighted by atomic mass is 32.1. The molecule has 4 nitrogen and oxygen atoms in total. The van der Waals surface area contributed by atoms with Crippen molar-refractivity contribution in [3.63, 3.8) is 0 Å². The van der Waals surface area contributed by atoms with Crippen molar-refractivity contribution in [3.05, 3.63) is 53.2 Å². The van der Waals surface area contributed by atoms with E-state index in [4.69, 9.17) is 4.52 Å². The molecule has 4 rings (SSSR count). The van der Waals surface area contributed by atoms with E-state index in [0.717, 1.165) is 16.3 Å². The van der Waals surface area contributed by atoms with Gasteiger partial charge in [0, 0.05) is 10.9 Å². The number of aromatic hydroxyl groups is 1. The van der Waals surface area contributed by atoms with Gasteiger partial charge in [0.05, 0.1) is 5.56 Å². The predicted octanol–water partition coefficient (Wildman–Crippen LogP) is 4.32. The number of phenolic OH excluding ortho intramolecular Hbond substituents is 1. The van der Waals surface area contributed by atoms with Crippen molar-refractivity contribution >= 4 is 22.1 Å². The zero-order valence-corrected chi connectivity index (χ0v) is 11.7. The Kier molecular flexibility index (Phi) is 2.72. The lowest BCUT2D eigenvalue weighted by Crippen LogP contribution is -1.82. The van der Waals surface area contributed by atoms with Gasteiger partial charge in [-0.3, -0.25) is 0 Å². The summed E-state index contributed by atoms with van der Waals surface area (Å²) in [6, 6.07) is 13.3. The molecular formula is C16H10N2O2S. The summed E-state index contributed by atoms with van der Waals surface area (Å²) in [6.07, 6.45) is 0. The topological polar surface area (TPSA) is 59.2 Å². The highest BCUT2D eigenvalue weighted by Gasteiger charge is 2.15. The van der Waals surface area contributed by atoms with E-state index in [1.54, 1.807) is 17.4 Å². The van der Waals surface area contributed by atoms with E-state index in [1.165, 1.54) is 0 Å². The number of hydrogen-bond donors (Lipinski definition) is 1. The van der Waals surface area contributed by atoms with Gasteiger partial charge in [0.1, 0.15) is 5.75 Å². The van der Waals surface area contributed by atoms with E-state index < -0.39 is 0 Å². The summed E-state index contributed by atoms with van der Waals surface area (Å²) in [7, 11) is 0. The van der Waals surface area contributed by atoms with Crippen molar-refractivity contribution in [1.29, 1.82) is 0 Å². The predicted molar refractivity (Wildman–Crippen MR) is 82.2 cm³/mol. The molecule has 0 fully saturated rings. The zero-order chi connectivity index (χ0) is 14.2. The van der Waals surface area contributed by atoms with Crippen LogP contribution in [-0.2, 0) is 0 Å². The third-order valence-corrected chi connectivity index (χ3v) is 3.98. The molecule has 2 aromatic carbocycles. The molecule has 0 atom stereocenters. The molecule has 0 saturated carbocycles. The minimum Gasteiger partial charge on any atom is -0.507 e. The lowest BCUT2D eigenvalue weighted by atomic mass is 10.1. The molecule has 0 unspecified atom stereocenters. The summed E-state index contributed by atoms with van der Waals surface area (Å²) in [5.74, 6) is 0.979. The molecule has 102 valence electrons. The molecule has 4 aromatic rings. The molecule has 2 aromatic heterocycles. The Morgan fingerprint density at radius 2 is 1.86 bits per heavy atom. The van der Waals surface area contributed by atoms with Crippen molar-refractivity contribution in [2.75, 3.05) is 0 Å². The van der Waals surface area contributed by atoms with Gasteiger partial charge in [-0.2, -0.15) is 16.3 Å². The number of phenols is 1. The van der Waals surface area contributed by atoms with Crippen LogP contribution in [0.2, 0.25) is 0 Å². The number of benzene rings is 2. The summed E-state index contributed by atoms with van der Waals surface area (Å²) in [5, 5.41) is 20.0. The van der Waals surface area contributed by atoms with Crippen LogP contribution in [-0.4, -0.2) is 15.2 Å². The van der Waals surface area contributed by atoms with Crippen LogP contribution >= 0.6 is 11.3 Å². The molecule has 0 aliphatic heterocycles. The van der Waals surface area contributed by atoms with Gasteiger partial charge in [-0.25, -0.2) is 0 Å². The normalized spacial score (nSPS) is 11.0. The number of nitrogens with zero attached hydrogens (tertiary/aromatic N) is 2. The van der Waals surface area contributed by atoms with E-state index in [9.17, 15) is 5.11 Å². The van der Waals surface area contributed by atoms with Crippen molar-refractivity contribution < 1.29 is 9.63 Å². The second kappa shape index (κ2) is 4.71. The quantitative estimate of drug-likeness (QED) is 0.598. The van der Waals surface area contributed by atoms with Gasteiger partial charge in [0.2, 0.25) is 5.82 Å². The van der Waals surface area contributed by atoms with E-state index in [2.05, 4.69) is 10.1 Å². The van der Waals surface area contributed by atoms with Gasteiger partial charge in [0.15, 0.2) is 0 Å². The average Bonchev–Trinajstić information content (AvgIpc) is 3.17. The van der Waals surface area contributed by atoms with Crippen LogP contribution in [0.4, 0.5) is 0 Å². The summed E-state index contributed by atoms with van der Waals surface area (Å²) in [4.78, 5) is 4.36. The molecule has 0 radical (unpaired) electrons. The maximum Gasteiger partial charge on any atom is 0.262 e. The van der Waals surface area contributed by atoms with Crippen molar-refractivity contribution in [3.8, 4) is 28.6 Å². The van der Waals surface area contributed by atoms with Gasteiger partial charge in [-0.15, -0.1) is 0 Å². The largest absolute Gasteiger partial charge is 0.507 e. The number of rotatable bonds is 2. The van der Waals surface area contributed by atoms with Crippen LogP contribution in [0.1, 0.15) is 0 Å². The maximum atomic E-state index is 10.2. The maximum absolute atomic E-state index is 10.2. The van der Waals surface area contributed by atoms with E-state index >= 15 is 0 Å². The van der Waals surface area contributed by atoms with E-state index in [1.807, 2.05) is 47.2 Å². The molecule has 0 bridgehead atoms. The smallest absolute Gasteiger partial charge is 0.262 e. The first-order valence-corrected chi connectivity index (χ1v) is 7.34. The van der Waals surface area contributed by atoms with E-state index in [-0.39, 0.29) is 5.75 Å². The first kappa shape index (κ1) is 12.1. The Labute approximate surface area is 124 Å². The third kappa shape index (κ3) is 2.08. The molecule has 5 heteroatoms. The fourth-order valence-electron chi connectivity index (χ4n) is 2.24. The van der Waals surface area contributed by atoms with Gasteiger partial charge in [-0.1, -0.05) is 29.4 Å². The Balaban J connectivity index is 1.85. The first-order valence-electron chi connectivity index (χ1n) is 6.40. The molecule has 2 heterocycles. The van der Waals surface area contributed by atoms with E-state index in [0.29, 0.717) is 17.3 Å². The van der Waals surface area contributed by atoms with Crippen LogP contribution in [0.15, 0.2) is 57.7 Å². The van der Waals surface area contributed by atoms with Crippen molar-refractivity contribution in [2.24, 2.45) is 0 Å². The molecule has 0 amide bonds. The lowest BCUT2D eigenvalue weighted by molar-refractivity contribution is 0.426. The zero-order valence-electron chi connectivity index (χ0n) is 10.9. The van der Waals surface area contributed by atoms with Crippen LogP contribution < -0.4 is 0 Å². The Morgan fingerprint density at radius 1 is 1.05 bits per heavy atom. The van der Waals surface area contributed by atoms with Crippen LogP contribution in [0.5, 0.6) is 5.75 Å². The van der Waals surface area contributed by atoms with Crippen LogP contribution in [0, 0.1) is 0 Å². The van der Waals surface area contributed by atoms with Crippen molar-refractivity contribution in [1.82, 2.24) is 10.1 Å². The fourth-order valence-corrected chi connectivity index (χ4v) is 2.88. The highest BCUT2D eigenvalue weighted by Crippen LogP contribution is 2.33. The average molecular weight is 294 g/mol. The number of thiophene rings is 1. The van der Waals surface area contributed by atoms with Gasteiger partial charge >= 0.3 is 0 Å². The van der Waals surface area contributed by atoms with Gasteiger partial charge < -0.3 is 9.63 Å². The summed E-state index contributed by atoms with van der Waals surface area (Å²) < 4.78 is 5.29. The molecule has 0 spiro atoms. The Hall–Kier alpha value is -2.66. The fraction of sp³-hybridized carbons (Fsp3) is 0. The highest BCUT2D eigenvalue weighted by molar-refractivity contribution is 7.08. The standard InChI is InChI=1S/C16H10N2O2S/c19-14-8-11-4-2-1-3-10(11)7-13(14)16-17-15(18-20-16)12-5-6-21-9-12/h1-9,19H. The number of hydrogen-bond acceptors (Lipinski definition) is 5. The van der Waals surface area contributed by atoms with Gasteiger partial charge in [0.25, 0.3) is 5.89 Å². The first-order chi connectivity index (χ1) is 10.3. The molecule has 0 saturated heterocycles. The van der Waals surface area contributed by atoms with Crippen molar-refractivity contribution in [2.45, 2.75) is 0 Å². The molecular weight excluding hydrogens is 284 g/mol. The Morgan fingerprint density at radius 3 is 2.62 bits per heavy atom. The summed E-state index contributed by atoms with van der Waals surface area (Å²) >= 11 is 1.57. The summed E-state index contributed by atoms with van der Waals surface area (Å²) in [5.41, 5.74) is 1.46. The third-order valence-electron chi connectivity index (χ3n) is 3.30. The second-order valence-corrected chi connectivity index (χ2v) is 5.43. The SMILES string of the molecule is Oc1cc2ccccc2cc1-c1nc(-c2ccsc2)no1. The van der Waals surface area contributed by atoms with Crippen LogP contribution in [0.25, 0.3) is 33.6 Å². The molecule has 0 aliphatic rings. The Bertz CT molecular complexity index is 913. The molecule has 21 heavy (non-hydrogen) atoms. The van der Waals surface area contributed by atoms with Crippen LogP contribution in [0.3, 0.4) is 0 Å². The minimum absolute atomic E-state index is 0.134. The number of aromatic nitrogens is 2. The number of fused-ring (bicyclic) bond motifs is 1. The lowest BCUT2D eigenvalue weighted by Gasteiger charge is -2.02. The summed E-state index contributed by atoms with van der Waals surface area (Å²) in [6.45, 7) is 0. The minimum atomic E-state index is 0.134. The second-order valence-electron chi connectivity index (χ2n) is 4.65. The molecule has 1 N–H and O–H groups in total. The monoisotopic (exact) mass is 294 g/mol.